The summed E-state index contributed by atoms with van der Waals surface area (Å²) in [6, 6.07) is 10.1. The number of unbranched alkanes of at least 4 members (excludes halogenated alkanes) is 1. The van der Waals surface area contributed by atoms with E-state index < -0.39 is 5.41 Å². The quantitative estimate of drug-likeness (QED) is 0.189. The van der Waals surface area contributed by atoms with Crippen LogP contribution in [0.25, 0.3) is 10.9 Å². The molecule has 0 atom stereocenters. The van der Waals surface area contributed by atoms with Crippen LogP contribution in [-0.4, -0.2) is 47.7 Å². The molecule has 1 aliphatic heterocycles. The third-order valence-electron chi connectivity index (χ3n) is 7.34. The van der Waals surface area contributed by atoms with Gasteiger partial charge in [-0.2, -0.15) is 0 Å². The van der Waals surface area contributed by atoms with E-state index >= 15 is 0 Å². The Balaban J connectivity index is 1.33. The van der Waals surface area contributed by atoms with Gasteiger partial charge in [0.1, 0.15) is 5.75 Å². The van der Waals surface area contributed by atoms with Crippen molar-refractivity contribution in [1.82, 2.24) is 15.4 Å². The largest absolute Gasteiger partial charge is 0.497 e. The van der Waals surface area contributed by atoms with Crippen molar-refractivity contribution in [3.05, 3.63) is 57.4 Å². The molecule has 4 rings (SSSR count). The minimum atomic E-state index is -0.546. The van der Waals surface area contributed by atoms with Crippen molar-refractivity contribution in [2.75, 3.05) is 26.7 Å². The smallest absolute Gasteiger partial charge is 0.249 e. The van der Waals surface area contributed by atoms with Gasteiger partial charge >= 0.3 is 0 Å². The van der Waals surface area contributed by atoms with Gasteiger partial charge in [0.05, 0.1) is 23.1 Å². The van der Waals surface area contributed by atoms with Gasteiger partial charge in [0.25, 0.3) is 0 Å². The third-order valence-corrected chi connectivity index (χ3v) is 8.60. The Bertz CT molecular complexity index is 1110. The first-order chi connectivity index (χ1) is 17.0. The van der Waals surface area contributed by atoms with Gasteiger partial charge < -0.3 is 9.64 Å². The Labute approximate surface area is 216 Å². The Kier molecular flexibility index (Phi) is 9.00. The van der Waals surface area contributed by atoms with Crippen LogP contribution in [0.2, 0.25) is 5.02 Å². The lowest BCUT2D eigenvalue weighted by Crippen LogP contribution is -2.48. The number of hydroxylamine groups is 1. The van der Waals surface area contributed by atoms with Crippen LogP contribution in [0.15, 0.2) is 41.9 Å². The highest BCUT2D eigenvalue weighted by atomic mass is 35.5. The van der Waals surface area contributed by atoms with Crippen molar-refractivity contribution in [2.24, 2.45) is 5.41 Å². The number of likely N-dealkylation sites (tertiary alicyclic amines) is 1. The van der Waals surface area contributed by atoms with E-state index in [-0.39, 0.29) is 5.91 Å². The summed E-state index contributed by atoms with van der Waals surface area (Å²) in [6.45, 7) is 2.81. The first-order valence-electron chi connectivity index (χ1n) is 12.3. The molecule has 0 bridgehead atoms. The number of aryl methyl sites for hydroxylation is 2. The summed E-state index contributed by atoms with van der Waals surface area (Å²) < 4.78 is 5.39. The number of amides is 1. The highest BCUT2D eigenvalue weighted by molar-refractivity contribution is 7.09. The summed E-state index contributed by atoms with van der Waals surface area (Å²) in [5, 5.41) is 13.2. The normalized spacial score (nSPS) is 15.9. The number of aromatic nitrogens is 1. The standard InChI is InChI=1S/C27H34ClN3O3S/c1-34-20-9-10-25-23(18-20)22(24(28)19-29-25)8-4-11-27(26(32)30-33)12-15-31(16-13-27)14-3-2-6-21-7-5-17-35-21/h5,7,9-10,17-19,33H,2-4,6,8,11-16H2,1H3,(H,30,32). The maximum Gasteiger partial charge on any atom is 0.249 e. The second kappa shape index (κ2) is 12.2. The Morgan fingerprint density at radius 3 is 2.77 bits per heavy atom. The average molecular weight is 516 g/mol. The van der Waals surface area contributed by atoms with Gasteiger partial charge in [-0.15, -0.1) is 11.3 Å². The first-order valence-corrected chi connectivity index (χ1v) is 13.6. The number of carbonyl (C=O) groups is 1. The zero-order chi connectivity index (χ0) is 24.7. The molecule has 8 heteroatoms. The van der Waals surface area contributed by atoms with Crippen LogP contribution in [0, 0.1) is 5.41 Å². The maximum absolute atomic E-state index is 12.8. The van der Waals surface area contributed by atoms with E-state index in [0.29, 0.717) is 11.4 Å². The number of benzene rings is 1. The zero-order valence-electron chi connectivity index (χ0n) is 20.3. The number of rotatable bonds is 11. The van der Waals surface area contributed by atoms with Crippen molar-refractivity contribution in [3.63, 3.8) is 0 Å². The van der Waals surface area contributed by atoms with E-state index in [0.717, 1.165) is 80.4 Å². The lowest BCUT2D eigenvalue weighted by atomic mass is 9.73. The molecule has 1 aromatic carbocycles. The predicted molar refractivity (Wildman–Crippen MR) is 142 cm³/mol. The second-order valence-electron chi connectivity index (χ2n) is 9.42. The highest BCUT2D eigenvalue weighted by Crippen LogP contribution is 2.38. The maximum atomic E-state index is 12.8. The summed E-state index contributed by atoms with van der Waals surface area (Å²) >= 11 is 8.35. The molecule has 188 valence electrons. The molecule has 2 aromatic heterocycles. The summed E-state index contributed by atoms with van der Waals surface area (Å²) in [7, 11) is 1.65. The molecular formula is C27H34ClN3O3S. The molecule has 3 aromatic rings. The molecule has 0 unspecified atom stereocenters. The van der Waals surface area contributed by atoms with E-state index in [1.807, 2.05) is 35.0 Å². The van der Waals surface area contributed by atoms with Gasteiger partial charge in [-0.1, -0.05) is 17.7 Å². The SMILES string of the molecule is COc1ccc2ncc(Cl)c(CCCC3(C(=O)NO)CCN(CCCCc4cccs4)CC3)c2c1. The molecule has 2 N–H and O–H groups in total. The van der Waals surface area contributed by atoms with Crippen molar-refractivity contribution >= 4 is 39.7 Å². The number of methoxy groups -OCH3 is 1. The monoisotopic (exact) mass is 515 g/mol. The number of fused-ring (bicyclic) bond motifs is 1. The topological polar surface area (TPSA) is 74.7 Å². The van der Waals surface area contributed by atoms with Crippen LogP contribution in [0.4, 0.5) is 0 Å². The molecule has 3 heterocycles. The fraction of sp³-hybridized carbons (Fsp3) is 0.481. The minimum Gasteiger partial charge on any atom is -0.497 e. The zero-order valence-corrected chi connectivity index (χ0v) is 21.8. The van der Waals surface area contributed by atoms with Crippen LogP contribution < -0.4 is 10.2 Å². The van der Waals surface area contributed by atoms with E-state index in [1.165, 1.54) is 11.3 Å². The second-order valence-corrected chi connectivity index (χ2v) is 10.9. The molecule has 1 fully saturated rings. The number of halogens is 1. The van der Waals surface area contributed by atoms with E-state index in [1.54, 1.807) is 13.3 Å². The third kappa shape index (κ3) is 6.33. The number of thiophene rings is 1. The number of nitrogens with zero attached hydrogens (tertiary/aromatic N) is 2. The lowest BCUT2D eigenvalue weighted by molar-refractivity contribution is -0.143. The van der Waals surface area contributed by atoms with Crippen molar-refractivity contribution in [3.8, 4) is 5.75 Å². The number of carbonyl (C=O) groups excluding carboxylic acids is 1. The molecule has 0 spiro atoms. The van der Waals surface area contributed by atoms with Crippen LogP contribution >= 0.6 is 22.9 Å². The van der Waals surface area contributed by atoms with Crippen LogP contribution in [-0.2, 0) is 17.6 Å². The predicted octanol–water partition coefficient (Wildman–Crippen LogP) is 5.89. The number of hydrogen-bond donors (Lipinski definition) is 2. The molecule has 1 saturated heterocycles. The number of hydrogen-bond acceptors (Lipinski definition) is 6. The van der Waals surface area contributed by atoms with Gasteiger partial charge in [-0.05, 0) is 106 Å². The average Bonchev–Trinajstić information content (AvgIpc) is 3.41. The Hall–Kier alpha value is -2.19. The van der Waals surface area contributed by atoms with Crippen molar-refractivity contribution < 1.29 is 14.7 Å². The fourth-order valence-electron chi connectivity index (χ4n) is 5.19. The van der Waals surface area contributed by atoms with Crippen LogP contribution in [0.5, 0.6) is 5.75 Å². The first kappa shape index (κ1) is 25.9. The summed E-state index contributed by atoms with van der Waals surface area (Å²) in [4.78, 5) is 21.1. The van der Waals surface area contributed by atoms with Gasteiger partial charge in [0.2, 0.25) is 5.91 Å². The molecule has 1 amide bonds. The van der Waals surface area contributed by atoms with Crippen molar-refractivity contribution in [1.29, 1.82) is 0 Å². The van der Waals surface area contributed by atoms with Crippen LogP contribution in [0.1, 0.15) is 49.0 Å². The molecule has 0 radical (unpaired) electrons. The molecular weight excluding hydrogens is 482 g/mol. The van der Waals surface area contributed by atoms with Gasteiger partial charge in [-0.25, -0.2) is 5.48 Å². The minimum absolute atomic E-state index is 0.262. The Morgan fingerprint density at radius 1 is 1.23 bits per heavy atom. The molecule has 0 aliphatic carbocycles. The number of piperidine rings is 1. The molecule has 1 aliphatic rings. The van der Waals surface area contributed by atoms with Gasteiger partial charge in [0, 0.05) is 16.5 Å². The fourth-order valence-corrected chi connectivity index (χ4v) is 6.19. The highest BCUT2D eigenvalue weighted by Gasteiger charge is 2.40. The van der Waals surface area contributed by atoms with Crippen LogP contribution in [0.3, 0.4) is 0 Å². The van der Waals surface area contributed by atoms with Gasteiger partial charge in [0.15, 0.2) is 0 Å². The number of nitrogens with one attached hydrogen (secondary N) is 1. The molecule has 0 saturated carbocycles. The summed E-state index contributed by atoms with van der Waals surface area (Å²) in [5.74, 6) is 0.504. The van der Waals surface area contributed by atoms with Gasteiger partial charge in [-0.3, -0.25) is 15.0 Å². The van der Waals surface area contributed by atoms with E-state index in [4.69, 9.17) is 16.3 Å². The summed E-state index contributed by atoms with van der Waals surface area (Å²) in [5.41, 5.74) is 3.31. The number of ether oxygens (including phenoxy) is 1. The van der Waals surface area contributed by atoms with E-state index in [9.17, 15) is 10.0 Å². The Morgan fingerprint density at radius 2 is 2.06 bits per heavy atom. The number of pyridine rings is 1. The molecule has 35 heavy (non-hydrogen) atoms. The van der Waals surface area contributed by atoms with E-state index in [2.05, 4.69) is 27.4 Å². The lowest BCUT2D eigenvalue weighted by Gasteiger charge is -2.40. The van der Waals surface area contributed by atoms with Crippen molar-refractivity contribution in [2.45, 2.75) is 51.4 Å². The summed E-state index contributed by atoms with van der Waals surface area (Å²) in [6.07, 6.45) is 8.92. The molecule has 6 nitrogen and oxygen atoms in total.